The Hall–Kier alpha value is -2.29. The van der Waals surface area contributed by atoms with E-state index in [1.54, 1.807) is 18.2 Å². The van der Waals surface area contributed by atoms with Crippen molar-refractivity contribution < 1.29 is 14.3 Å². The summed E-state index contributed by atoms with van der Waals surface area (Å²) < 4.78 is 11.4. The average molecular weight is 284 g/mol. The molecule has 0 aromatic heterocycles. The number of Topliss-reactive ketones (excluding diaryl/α,β-unsaturated/α-hetero) is 1. The second-order valence-corrected chi connectivity index (χ2v) is 4.65. The van der Waals surface area contributed by atoms with Gasteiger partial charge in [0, 0.05) is 12.0 Å². The molecule has 0 amide bonds. The normalized spacial score (nSPS) is 10.2. The maximum Gasteiger partial charge on any atom is 0.162 e. The molecule has 2 aromatic rings. The molecule has 0 bridgehead atoms. The predicted octanol–water partition coefficient (Wildman–Crippen LogP) is 4.26. The van der Waals surface area contributed by atoms with Crippen molar-refractivity contribution in [1.29, 1.82) is 0 Å². The van der Waals surface area contributed by atoms with E-state index in [1.165, 1.54) is 0 Å². The minimum atomic E-state index is 0.102. The zero-order valence-corrected chi connectivity index (χ0v) is 12.5. The molecule has 0 N–H and O–H groups in total. The molecule has 3 nitrogen and oxygen atoms in total. The lowest BCUT2D eigenvalue weighted by Gasteiger charge is -2.13. The highest BCUT2D eigenvalue weighted by Gasteiger charge is 2.10. The number of hydrogen-bond donors (Lipinski definition) is 0. The number of benzene rings is 2. The van der Waals surface area contributed by atoms with Gasteiger partial charge in [-0.15, -0.1) is 0 Å². The summed E-state index contributed by atoms with van der Waals surface area (Å²) in [5, 5.41) is 0. The number of ketones is 1. The van der Waals surface area contributed by atoms with Gasteiger partial charge in [-0.05, 0) is 30.7 Å². The first-order chi connectivity index (χ1) is 10.2. The summed E-state index contributed by atoms with van der Waals surface area (Å²) in [6, 6.07) is 15.3. The van der Waals surface area contributed by atoms with Crippen LogP contribution < -0.4 is 9.47 Å². The van der Waals surface area contributed by atoms with Gasteiger partial charge in [0.1, 0.15) is 6.61 Å². The maximum absolute atomic E-state index is 11.8. The van der Waals surface area contributed by atoms with Gasteiger partial charge in [0.15, 0.2) is 17.3 Å². The highest BCUT2D eigenvalue weighted by atomic mass is 16.5. The van der Waals surface area contributed by atoms with E-state index in [-0.39, 0.29) is 5.78 Å². The molecule has 21 heavy (non-hydrogen) atoms. The minimum absolute atomic E-state index is 0.102. The van der Waals surface area contributed by atoms with E-state index in [4.69, 9.17) is 9.47 Å². The van der Waals surface area contributed by atoms with Crippen molar-refractivity contribution in [3.8, 4) is 11.5 Å². The van der Waals surface area contributed by atoms with Crippen LogP contribution in [0.4, 0.5) is 0 Å². The molecular formula is C18H20O3. The Morgan fingerprint density at radius 3 is 2.38 bits per heavy atom. The zero-order chi connectivity index (χ0) is 15.1. The molecule has 0 aliphatic carbocycles. The Morgan fingerprint density at radius 1 is 0.952 bits per heavy atom. The first kappa shape index (κ1) is 15.1. The highest BCUT2D eigenvalue weighted by Crippen LogP contribution is 2.29. The van der Waals surface area contributed by atoms with Crippen molar-refractivity contribution in [3.63, 3.8) is 0 Å². The topological polar surface area (TPSA) is 35.5 Å². The third-order valence-corrected chi connectivity index (χ3v) is 3.12. The smallest absolute Gasteiger partial charge is 0.162 e. The third kappa shape index (κ3) is 4.09. The molecule has 2 rings (SSSR count). The van der Waals surface area contributed by atoms with Crippen LogP contribution in [0.2, 0.25) is 0 Å². The van der Waals surface area contributed by atoms with E-state index in [0.29, 0.717) is 36.7 Å². The zero-order valence-electron chi connectivity index (χ0n) is 12.5. The second-order valence-electron chi connectivity index (χ2n) is 4.65. The van der Waals surface area contributed by atoms with E-state index in [1.807, 2.05) is 44.2 Å². The van der Waals surface area contributed by atoms with Crippen molar-refractivity contribution in [3.05, 3.63) is 59.7 Å². The van der Waals surface area contributed by atoms with Gasteiger partial charge in [0.25, 0.3) is 0 Å². The average Bonchev–Trinajstić information content (AvgIpc) is 2.54. The van der Waals surface area contributed by atoms with Gasteiger partial charge in [-0.1, -0.05) is 37.3 Å². The van der Waals surface area contributed by atoms with Crippen LogP contribution in [0.25, 0.3) is 0 Å². The molecule has 0 aliphatic rings. The molecular weight excluding hydrogens is 264 g/mol. The van der Waals surface area contributed by atoms with E-state index in [2.05, 4.69) is 0 Å². The fourth-order valence-electron chi connectivity index (χ4n) is 2.01. The molecule has 0 heterocycles. The lowest BCUT2D eigenvalue weighted by molar-refractivity contribution is 0.0987. The molecule has 0 atom stereocenters. The molecule has 0 unspecified atom stereocenters. The molecule has 0 spiro atoms. The van der Waals surface area contributed by atoms with Gasteiger partial charge in [0.05, 0.1) is 6.61 Å². The second kappa shape index (κ2) is 7.48. The lowest BCUT2D eigenvalue weighted by atomic mass is 10.1. The Labute approximate surface area is 125 Å². The molecule has 2 aromatic carbocycles. The van der Waals surface area contributed by atoms with Gasteiger partial charge in [-0.3, -0.25) is 4.79 Å². The summed E-state index contributed by atoms with van der Waals surface area (Å²) in [6.07, 6.45) is 0.482. The predicted molar refractivity (Wildman–Crippen MR) is 83.0 cm³/mol. The molecule has 0 saturated heterocycles. The van der Waals surface area contributed by atoms with Crippen LogP contribution in [0.15, 0.2) is 48.5 Å². The Morgan fingerprint density at radius 2 is 1.71 bits per heavy atom. The van der Waals surface area contributed by atoms with Gasteiger partial charge < -0.3 is 9.47 Å². The molecule has 0 fully saturated rings. The largest absolute Gasteiger partial charge is 0.490 e. The van der Waals surface area contributed by atoms with Crippen LogP contribution >= 0.6 is 0 Å². The van der Waals surface area contributed by atoms with Crippen LogP contribution in [0.1, 0.15) is 36.2 Å². The molecule has 0 radical (unpaired) electrons. The van der Waals surface area contributed by atoms with E-state index >= 15 is 0 Å². The summed E-state index contributed by atoms with van der Waals surface area (Å²) in [7, 11) is 0. The van der Waals surface area contributed by atoms with E-state index < -0.39 is 0 Å². The number of hydrogen-bond acceptors (Lipinski definition) is 3. The number of rotatable bonds is 7. The summed E-state index contributed by atoms with van der Waals surface area (Å²) >= 11 is 0. The first-order valence-corrected chi connectivity index (χ1v) is 7.21. The fourth-order valence-corrected chi connectivity index (χ4v) is 2.01. The van der Waals surface area contributed by atoms with E-state index in [0.717, 1.165) is 5.56 Å². The van der Waals surface area contributed by atoms with Crippen LogP contribution in [-0.4, -0.2) is 12.4 Å². The van der Waals surface area contributed by atoms with Crippen LogP contribution in [0, 0.1) is 0 Å². The first-order valence-electron chi connectivity index (χ1n) is 7.21. The number of ether oxygens (including phenoxy) is 2. The molecule has 0 aliphatic heterocycles. The van der Waals surface area contributed by atoms with Crippen LogP contribution in [-0.2, 0) is 6.61 Å². The summed E-state index contributed by atoms with van der Waals surface area (Å²) in [5.41, 5.74) is 1.75. The minimum Gasteiger partial charge on any atom is -0.490 e. The lowest BCUT2D eigenvalue weighted by Crippen LogP contribution is -2.02. The van der Waals surface area contributed by atoms with Gasteiger partial charge in [-0.25, -0.2) is 0 Å². The van der Waals surface area contributed by atoms with Gasteiger partial charge in [-0.2, -0.15) is 0 Å². The van der Waals surface area contributed by atoms with Crippen molar-refractivity contribution in [2.45, 2.75) is 26.9 Å². The third-order valence-electron chi connectivity index (χ3n) is 3.12. The Bertz CT molecular complexity index is 591. The fraction of sp³-hybridized carbons (Fsp3) is 0.278. The van der Waals surface area contributed by atoms with Crippen molar-refractivity contribution in [1.82, 2.24) is 0 Å². The Kier molecular flexibility index (Phi) is 5.38. The number of carbonyl (C=O) groups excluding carboxylic acids is 1. The molecule has 3 heteroatoms. The van der Waals surface area contributed by atoms with Crippen LogP contribution in [0.5, 0.6) is 11.5 Å². The van der Waals surface area contributed by atoms with E-state index in [9.17, 15) is 4.79 Å². The summed E-state index contributed by atoms with van der Waals surface area (Å²) in [5.74, 6) is 1.38. The standard InChI is InChI=1S/C18H20O3/c1-3-16(19)15-10-11-17(18(12-15)20-4-2)21-13-14-8-6-5-7-9-14/h5-12H,3-4,13H2,1-2H3. The molecule has 0 saturated carbocycles. The van der Waals surface area contributed by atoms with Gasteiger partial charge in [0.2, 0.25) is 0 Å². The van der Waals surface area contributed by atoms with Gasteiger partial charge >= 0.3 is 0 Å². The van der Waals surface area contributed by atoms with Crippen molar-refractivity contribution >= 4 is 5.78 Å². The van der Waals surface area contributed by atoms with Crippen LogP contribution in [0.3, 0.4) is 0 Å². The SMILES string of the molecule is CCOc1cc(C(=O)CC)ccc1OCc1ccccc1. The van der Waals surface area contributed by atoms with Crippen molar-refractivity contribution in [2.24, 2.45) is 0 Å². The number of carbonyl (C=O) groups is 1. The summed E-state index contributed by atoms with van der Waals surface area (Å²) in [4.78, 5) is 11.8. The Balaban J connectivity index is 2.16. The monoisotopic (exact) mass is 284 g/mol. The highest BCUT2D eigenvalue weighted by molar-refractivity contribution is 5.96. The molecule has 110 valence electrons. The quantitative estimate of drug-likeness (QED) is 0.713. The maximum atomic E-state index is 11.8. The van der Waals surface area contributed by atoms with Crippen molar-refractivity contribution in [2.75, 3.05) is 6.61 Å². The summed E-state index contributed by atoms with van der Waals surface area (Å²) in [6.45, 7) is 4.77.